The Morgan fingerprint density at radius 3 is 2.61 bits per heavy atom. The van der Waals surface area contributed by atoms with E-state index in [-0.39, 0.29) is 12.4 Å². The molecule has 3 N–H and O–H groups in total. The van der Waals surface area contributed by atoms with Crippen molar-refractivity contribution in [2.75, 3.05) is 12.4 Å². The molecular formula is C17H17FN4O. The van der Waals surface area contributed by atoms with Gasteiger partial charge in [0.25, 0.3) is 0 Å². The van der Waals surface area contributed by atoms with E-state index in [9.17, 15) is 4.39 Å². The van der Waals surface area contributed by atoms with Gasteiger partial charge in [-0.2, -0.15) is 0 Å². The standard InChI is InChI=1S/C17H17FN4O/c1-23-12-7-5-11(6-8-12)10-20-17-16-13(18)3-2-4-14(16)21-15(9-19)22-17/h2-8H,9-10,19H2,1H3,(H,20,21,22). The second-order valence-corrected chi connectivity index (χ2v) is 5.03. The predicted molar refractivity (Wildman–Crippen MR) is 87.7 cm³/mol. The summed E-state index contributed by atoms with van der Waals surface area (Å²) < 4.78 is 19.3. The van der Waals surface area contributed by atoms with Crippen LogP contribution in [-0.2, 0) is 13.1 Å². The molecule has 118 valence electrons. The lowest BCUT2D eigenvalue weighted by atomic mass is 10.2. The second kappa shape index (κ2) is 6.58. The topological polar surface area (TPSA) is 73.1 Å². The number of hydrogen-bond donors (Lipinski definition) is 2. The Balaban J connectivity index is 1.91. The van der Waals surface area contributed by atoms with E-state index in [1.165, 1.54) is 6.07 Å². The number of methoxy groups -OCH3 is 1. The molecule has 0 aliphatic rings. The summed E-state index contributed by atoms with van der Waals surface area (Å²) in [6, 6.07) is 12.4. The van der Waals surface area contributed by atoms with Crippen LogP contribution in [0.25, 0.3) is 10.9 Å². The summed E-state index contributed by atoms with van der Waals surface area (Å²) in [5.41, 5.74) is 7.20. The molecule has 1 heterocycles. The minimum absolute atomic E-state index is 0.198. The van der Waals surface area contributed by atoms with Gasteiger partial charge in [-0.3, -0.25) is 0 Å². The molecule has 0 atom stereocenters. The van der Waals surface area contributed by atoms with Gasteiger partial charge < -0.3 is 15.8 Å². The molecule has 0 saturated carbocycles. The van der Waals surface area contributed by atoms with E-state index in [0.717, 1.165) is 11.3 Å². The van der Waals surface area contributed by atoms with Gasteiger partial charge in [-0.15, -0.1) is 0 Å². The van der Waals surface area contributed by atoms with Gasteiger partial charge in [-0.1, -0.05) is 18.2 Å². The van der Waals surface area contributed by atoms with E-state index in [1.54, 1.807) is 19.2 Å². The monoisotopic (exact) mass is 312 g/mol. The maximum atomic E-state index is 14.1. The first-order valence-corrected chi connectivity index (χ1v) is 7.23. The Labute approximate surface area is 133 Å². The average molecular weight is 312 g/mol. The fourth-order valence-corrected chi connectivity index (χ4v) is 2.34. The first-order chi connectivity index (χ1) is 11.2. The quantitative estimate of drug-likeness (QED) is 0.758. The van der Waals surface area contributed by atoms with E-state index in [0.29, 0.717) is 29.1 Å². The summed E-state index contributed by atoms with van der Waals surface area (Å²) in [4.78, 5) is 8.58. The van der Waals surface area contributed by atoms with Crippen molar-refractivity contribution in [3.8, 4) is 5.75 Å². The third kappa shape index (κ3) is 3.22. The number of aromatic nitrogens is 2. The van der Waals surface area contributed by atoms with Gasteiger partial charge in [-0.05, 0) is 29.8 Å². The number of rotatable bonds is 5. The molecule has 0 radical (unpaired) electrons. The highest BCUT2D eigenvalue weighted by molar-refractivity contribution is 5.89. The van der Waals surface area contributed by atoms with Gasteiger partial charge in [-0.25, -0.2) is 14.4 Å². The summed E-state index contributed by atoms with van der Waals surface area (Å²) in [6.07, 6.45) is 0. The lowest BCUT2D eigenvalue weighted by Gasteiger charge is -2.11. The molecule has 5 nitrogen and oxygen atoms in total. The average Bonchev–Trinajstić information content (AvgIpc) is 2.60. The zero-order chi connectivity index (χ0) is 16.2. The molecule has 0 spiro atoms. The molecule has 1 aromatic heterocycles. The maximum Gasteiger partial charge on any atom is 0.144 e. The third-order valence-corrected chi connectivity index (χ3v) is 3.52. The molecule has 0 aliphatic heterocycles. The lowest BCUT2D eigenvalue weighted by Crippen LogP contribution is -2.09. The van der Waals surface area contributed by atoms with Gasteiger partial charge in [0.15, 0.2) is 0 Å². The van der Waals surface area contributed by atoms with Crippen molar-refractivity contribution in [2.24, 2.45) is 5.73 Å². The van der Waals surface area contributed by atoms with Gasteiger partial charge in [0.2, 0.25) is 0 Å². The van der Waals surface area contributed by atoms with Crippen molar-refractivity contribution >= 4 is 16.7 Å². The summed E-state index contributed by atoms with van der Waals surface area (Å²) in [5, 5.41) is 3.54. The highest BCUT2D eigenvalue weighted by Gasteiger charge is 2.11. The number of halogens is 1. The zero-order valence-electron chi connectivity index (χ0n) is 12.7. The molecule has 0 unspecified atom stereocenters. The number of anilines is 1. The van der Waals surface area contributed by atoms with E-state index >= 15 is 0 Å². The number of ether oxygens (including phenoxy) is 1. The van der Waals surface area contributed by atoms with Gasteiger partial charge in [0, 0.05) is 6.54 Å². The van der Waals surface area contributed by atoms with Crippen molar-refractivity contribution in [3.05, 3.63) is 59.7 Å². The largest absolute Gasteiger partial charge is 0.497 e. The Bertz CT molecular complexity index is 821. The van der Waals surface area contributed by atoms with Crippen molar-refractivity contribution < 1.29 is 9.13 Å². The fraction of sp³-hybridized carbons (Fsp3) is 0.176. The molecule has 0 amide bonds. The molecule has 0 saturated heterocycles. The van der Waals surface area contributed by atoms with Crippen molar-refractivity contribution in [2.45, 2.75) is 13.1 Å². The lowest BCUT2D eigenvalue weighted by molar-refractivity contribution is 0.414. The number of nitrogens with zero attached hydrogens (tertiary/aromatic N) is 2. The predicted octanol–water partition coefficient (Wildman–Crippen LogP) is 2.85. The molecule has 3 rings (SSSR count). The van der Waals surface area contributed by atoms with E-state index in [2.05, 4.69) is 15.3 Å². The SMILES string of the molecule is COc1ccc(CNc2nc(CN)nc3cccc(F)c23)cc1. The first-order valence-electron chi connectivity index (χ1n) is 7.23. The van der Waals surface area contributed by atoms with Gasteiger partial charge >= 0.3 is 0 Å². The molecule has 6 heteroatoms. The van der Waals surface area contributed by atoms with Crippen LogP contribution >= 0.6 is 0 Å². The van der Waals surface area contributed by atoms with Crippen molar-refractivity contribution in [1.82, 2.24) is 9.97 Å². The van der Waals surface area contributed by atoms with Crippen LogP contribution in [0.4, 0.5) is 10.2 Å². The van der Waals surface area contributed by atoms with Crippen LogP contribution in [-0.4, -0.2) is 17.1 Å². The fourth-order valence-electron chi connectivity index (χ4n) is 2.34. The van der Waals surface area contributed by atoms with Gasteiger partial charge in [0.05, 0.1) is 24.6 Å². The Kier molecular flexibility index (Phi) is 4.34. The van der Waals surface area contributed by atoms with Crippen LogP contribution < -0.4 is 15.8 Å². The highest BCUT2D eigenvalue weighted by atomic mass is 19.1. The number of nitrogens with one attached hydrogen (secondary N) is 1. The Morgan fingerprint density at radius 2 is 1.91 bits per heavy atom. The molecule has 0 aliphatic carbocycles. The summed E-state index contributed by atoms with van der Waals surface area (Å²) in [7, 11) is 1.62. The number of hydrogen-bond acceptors (Lipinski definition) is 5. The van der Waals surface area contributed by atoms with Crippen molar-refractivity contribution in [3.63, 3.8) is 0 Å². The normalized spacial score (nSPS) is 10.7. The Hall–Kier alpha value is -2.73. The minimum atomic E-state index is -0.358. The molecule has 2 aromatic carbocycles. The van der Waals surface area contributed by atoms with E-state index in [1.807, 2.05) is 24.3 Å². The zero-order valence-corrected chi connectivity index (χ0v) is 12.7. The number of nitrogens with two attached hydrogens (primary N) is 1. The summed E-state index contributed by atoms with van der Waals surface area (Å²) in [5.74, 6) is 1.35. The van der Waals surface area contributed by atoms with E-state index in [4.69, 9.17) is 10.5 Å². The molecule has 23 heavy (non-hydrogen) atoms. The second-order valence-electron chi connectivity index (χ2n) is 5.03. The molecular weight excluding hydrogens is 295 g/mol. The van der Waals surface area contributed by atoms with Gasteiger partial charge in [0.1, 0.15) is 23.2 Å². The van der Waals surface area contributed by atoms with Crippen molar-refractivity contribution in [1.29, 1.82) is 0 Å². The van der Waals surface area contributed by atoms with E-state index < -0.39 is 0 Å². The molecule has 3 aromatic rings. The third-order valence-electron chi connectivity index (χ3n) is 3.52. The Morgan fingerprint density at radius 1 is 1.13 bits per heavy atom. The number of benzene rings is 2. The minimum Gasteiger partial charge on any atom is -0.497 e. The highest BCUT2D eigenvalue weighted by Crippen LogP contribution is 2.24. The summed E-state index contributed by atoms with van der Waals surface area (Å²) >= 11 is 0. The number of fused-ring (bicyclic) bond motifs is 1. The van der Waals surface area contributed by atoms with Crippen LogP contribution in [0.15, 0.2) is 42.5 Å². The van der Waals surface area contributed by atoms with Crippen LogP contribution in [0, 0.1) is 5.82 Å². The first kappa shape index (κ1) is 15.2. The van der Waals surface area contributed by atoms with Crippen LogP contribution in [0.5, 0.6) is 5.75 Å². The summed E-state index contributed by atoms with van der Waals surface area (Å²) in [6.45, 7) is 0.706. The molecule has 0 fully saturated rings. The van der Waals surface area contributed by atoms with Crippen LogP contribution in [0.3, 0.4) is 0 Å². The van der Waals surface area contributed by atoms with Crippen LogP contribution in [0.2, 0.25) is 0 Å². The smallest absolute Gasteiger partial charge is 0.144 e. The van der Waals surface area contributed by atoms with Crippen LogP contribution in [0.1, 0.15) is 11.4 Å². The maximum absolute atomic E-state index is 14.1. The molecule has 0 bridgehead atoms.